The Bertz CT molecular complexity index is 721. The van der Waals surface area contributed by atoms with Crippen LogP contribution in [0, 0.1) is 5.82 Å². The van der Waals surface area contributed by atoms with E-state index >= 15 is 0 Å². The molecule has 0 unspecified atom stereocenters. The second-order valence-electron chi connectivity index (χ2n) is 4.84. The van der Waals surface area contributed by atoms with Gasteiger partial charge in [0.2, 0.25) is 5.78 Å². The number of ether oxygens (including phenoxy) is 1. The highest BCUT2D eigenvalue weighted by Gasteiger charge is 2.18. The van der Waals surface area contributed by atoms with Gasteiger partial charge in [-0.3, -0.25) is 4.79 Å². The van der Waals surface area contributed by atoms with Crippen molar-refractivity contribution < 1.29 is 18.7 Å². The molecule has 0 amide bonds. The van der Waals surface area contributed by atoms with E-state index in [2.05, 4.69) is 0 Å². The second-order valence-corrected chi connectivity index (χ2v) is 5.27. The number of ketones is 1. The van der Waals surface area contributed by atoms with Gasteiger partial charge < -0.3 is 4.74 Å². The monoisotopic (exact) mass is 332 g/mol. The zero-order valence-electron chi connectivity index (χ0n) is 12.3. The minimum absolute atomic E-state index is 0.286. The fourth-order valence-electron chi connectivity index (χ4n) is 1.85. The summed E-state index contributed by atoms with van der Waals surface area (Å²) in [5.41, 5.74) is 1.07. The van der Waals surface area contributed by atoms with Crippen molar-refractivity contribution in [2.24, 2.45) is 0 Å². The van der Waals surface area contributed by atoms with E-state index in [0.29, 0.717) is 5.02 Å². The number of Topliss-reactive ketones (excluding diaryl/α,β-unsaturated/α-hetero) is 1. The van der Waals surface area contributed by atoms with Crippen LogP contribution in [0.5, 0.6) is 0 Å². The van der Waals surface area contributed by atoms with Gasteiger partial charge in [0.15, 0.2) is 6.10 Å². The maximum Gasteiger partial charge on any atom is 0.331 e. The van der Waals surface area contributed by atoms with Crippen LogP contribution in [0.25, 0.3) is 6.08 Å². The largest absolute Gasteiger partial charge is 0.451 e. The smallest absolute Gasteiger partial charge is 0.331 e. The Morgan fingerprint density at radius 2 is 1.70 bits per heavy atom. The fraction of sp³-hybridized carbons (Fsp3) is 0.111. The molecule has 0 saturated carbocycles. The molecule has 0 aromatic heterocycles. The molecular weight excluding hydrogens is 319 g/mol. The van der Waals surface area contributed by atoms with Gasteiger partial charge >= 0.3 is 5.97 Å². The van der Waals surface area contributed by atoms with Gasteiger partial charge in [-0.2, -0.15) is 0 Å². The third kappa shape index (κ3) is 5.04. The van der Waals surface area contributed by atoms with Gasteiger partial charge in [-0.15, -0.1) is 0 Å². The van der Waals surface area contributed by atoms with Crippen LogP contribution in [0.4, 0.5) is 4.39 Å². The van der Waals surface area contributed by atoms with E-state index in [1.807, 2.05) is 0 Å². The predicted molar refractivity (Wildman–Crippen MR) is 86.8 cm³/mol. The van der Waals surface area contributed by atoms with Crippen LogP contribution in [0.15, 0.2) is 54.6 Å². The van der Waals surface area contributed by atoms with E-state index in [0.717, 1.165) is 5.56 Å². The molecular formula is C18H14ClFO3. The first-order chi connectivity index (χ1) is 11.0. The lowest BCUT2D eigenvalue weighted by Crippen LogP contribution is -2.23. The standard InChI is InChI=1S/C18H14ClFO3/c1-12(18(22)14-5-9-16(20)10-6-14)23-17(21)11-4-13-2-7-15(19)8-3-13/h2-12H,1H3/b11-4+/t12-/m1/s1. The number of carbonyl (C=O) groups is 2. The van der Waals surface area contributed by atoms with Crippen molar-refractivity contribution in [2.75, 3.05) is 0 Å². The number of hydrogen-bond donors (Lipinski definition) is 0. The molecule has 2 rings (SSSR count). The molecule has 1 atom stereocenters. The quantitative estimate of drug-likeness (QED) is 0.465. The van der Waals surface area contributed by atoms with Crippen LogP contribution in [-0.4, -0.2) is 17.9 Å². The molecule has 0 bridgehead atoms. The van der Waals surface area contributed by atoms with Crippen molar-refractivity contribution in [1.29, 1.82) is 0 Å². The Hall–Kier alpha value is -2.46. The van der Waals surface area contributed by atoms with Gasteiger partial charge in [0.05, 0.1) is 0 Å². The summed E-state index contributed by atoms with van der Waals surface area (Å²) >= 11 is 5.77. The molecule has 23 heavy (non-hydrogen) atoms. The van der Waals surface area contributed by atoms with E-state index in [4.69, 9.17) is 16.3 Å². The zero-order valence-corrected chi connectivity index (χ0v) is 13.1. The maximum absolute atomic E-state index is 12.8. The van der Waals surface area contributed by atoms with E-state index in [1.54, 1.807) is 30.3 Å². The van der Waals surface area contributed by atoms with Crippen molar-refractivity contribution in [2.45, 2.75) is 13.0 Å². The molecule has 0 spiro atoms. The number of esters is 1. The van der Waals surface area contributed by atoms with E-state index in [-0.39, 0.29) is 5.56 Å². The molecule has 0 aliphatic carbocycles. The molecule has 2 aromatic rings. The first-order valence-corrected chi connectivity index (χ1v) is 7.27. The highest BCUT2D eigenvalue weighted by molar-refractivity contribution is 6.30. The lowest BCUT2D eigenvalue weighted by molar-refractivity contribution is -0.140. The van der Waals surface area contributed by atoms with Gasteiger partial charge in [0.25, 0.3) is 0 Å². The Balaban J connectivity index is 1.95. The van der Waals surface area contributed by atoms with Gasteiger partial charge in [0.1, 0.15) is 5.82 Å². The lowest BCUT2D eigenvalue weighted by Gasteiger charge is -2.10. The lowest BCUT2D eigenvalue weighted by atomic mass is 10.1. The normalized spacial score (nSPS) is 12.1. The summed E-state index contributed by atoms with van der Waals surface area (Å²) in [5.74, 6) is -1.46. The number of benzene rings is 2. The second kappa shape index (κ2) is 7.70. The zero-order chi connectivity index (χ0) is 16.8. The summed E-state index contributed by atoms with van der Waals surface area (Å²) in [6, 6.07) is 12.0. The average molecular weight is 333 g/mol. The topological polar surface area (TPSA) is 43.4 Å². The highest BCUT2D eigenvalue weighted by atomic mass is 35.5. The fourth-order valence-corrected chi connectivity index (χ4v) is 1.98. The first kappa shape index (κ1) is 16.9. The third-order valence-corrected chi connectivity index (χ3v) is 3.32. The van der Waals surface area contributed by atoms with Crippen LogP contribution >= 0.6 is 11.6 Å². The van der Waals surface area contributed by atoms with Crippen LogP contribution in [0.3, 0.4) is 0 Å². The summed E-state index contributed by atoms with van der Waals surface area (Å²) in [6.45, 7) is 1.47. The van der Waals surface area contributed by atoms with Crippen molar-refractivity contribution >= 4 is 29.4 Å². The Kier molecular flexibility index (Phi) is 5.66. The van der Waals surface area contributed by atoms with Gasteiger partial charge in [-0.25, -0.2) is 9.18 Å². The summed E-state index contributed by atoms with van der Waals surface area (Å²) in [5, 5.41) is 0.600. The van der Waals surface area contributed by atoms with Crippen molar-refractivity contribution in [3.63, 3.8) is 0 Å². The van der Waals surface area contributed by atoms with Crippen molar-refractivity contribution in [1.82, 2.24) is 0 Å². The molecule has 5 heteroatoms. The average Bonchev–Trinajstić information content (AvgIpc) is 2.54. The molecule has 2 aromatic carbocycles. The molecule has 118 valence electrons. The van der Waals surface area contributed by atoms with Crippen LogP contribution in [0.2, 0.25) is 5.02 Å². The summed E-state index contributed by atoms with van der Waals surface area (Å²) in [4.78, 5) is 23.8. The maximum atomic E-state index is 12.8. The molecule has 0 aliphatic rings. The third-order valence-electron chi connectivity index (χ3n) is 3.07. The molecule has 0 saturated heterocycles. The van der Waals surface area contributed by atoms with E-state index < -0.39 is 23.7 Å². The van der Waals surface area contributed by atoms with Gasteiger partial charge in [0, 0.05) is 16.7 Å². The molecule has 0 fully saturated rings. The molecule has 0 N–H and O–H groups in total. The Morgan fingerprint density at radius 1 is 1.09 bits per heavy atom. The van der Waals surface area contributed by atoms with E-state index in [9.17, 15) is 14.0 Å². The van der Waals surface area contributed by atoms with Gasteiger partial charge in [-0.1, -0.05) is 23.7 Å². The SMILES string of the molecule is C[C@@H](OC(=O)/C=C/c1ccc(Cl)cc1)C(=O)c1ccc(F)cc1. The summed E-state index contributed by atoms with van der Waals surface area (Å²) in [6.07, 6.45) is 1.84. The molecule has 3 nitrogen and oxygen atoms in total. The Morgan fingerprint density at radius 3 is 2.30 bits per heavy atom. The van der Waals surface area contributed by atoms with Crippen molar-refractivity contribution in [3.05, 3.63) is 76.6 Å². The van der Waals surface area contributed by atoms with E-state index in [1.165, 1.54) is 37.3 Å². The number of hydrogen-bond acceptors (Lipinski definition) is 3. The molecule has 0 heterocycles. The number of rotatable bonds is 5. The Labute approximate surface area is 138 Å². The molecule has 0 radical (unpaired) electrons. The molecule has 0 aliphatic heterocycles. The predicted octanol–water partition coefficient (Wildman–Crippen LogP) is 4.31. The highest BCUT2D eigenvalue weighted by Crippen LogP contribution is 2.11. The minimum atomic E-state index is -0.956. The van der Waals surface area contributed by atoms with Crippen LogP contribution in [0.1, 0.15) is 22.8 Å². The number of carbonyl (C=O) groups excluding carboxylic acids is 2. The van der Waals surface area contributed by atoms with Gasteiger partial charge in [-0.05, 0) is 55.0 Å². The summed E-state index contributed by atoms with van der Waals surface area (Å²) in [7, 11) is 0. The summed E-state index contributed by atoms with van der Waals surface area (Å²) < 4.78 is 17.9. The first-order valence-electron chi connectivity index (χ1n) is 6.90. The minimum Gasteiger partial charge on any atom is -0.451 e. The van der Waals surface area contributed by atoms with Crippen molar-refractivity contribution in [3.8, 4) is 0 Å². The van der Waals surface area contributed by atoms with Crippen LogP contribution in [-0.2, 0) is 9.53 Å². The van der Waals surface area contributed by atoms with Crippen LogP contribution < -0.4 is 0 Å². The number of halogens is 2.